The first kappa shape index (κ1) is 18.7. The molecule has 2 aliphatic rings. The summed E-state index contributed by atoms with van der Waals surface area (Å²) in [7, 11) is 0. The highest BCUT2D eigenvalue weighted by atomic mass is 35.5. The molecule has 0 bridgehead atoms. The molecule has 1 heterocycles. The number of hydrogen-bond acceptors (Lipinski definition) is 3. The van der Waals surface area contributed by atoms with E-state index in [4.69, 9.17) is 11.6 Å². The second-order valence-electron chi connectivity index (χ2n) is 7.17. The summed E-state index contributed by atoms with van der Waals surface area (Å²) in [5, 5.41) is 6.27. The predicted octanol–water partition coefficient (Wildman–Crippen LogP) is 2.50. The average molecular weight is 378 g/mol. The number of amides is 4. The fourth-order valence-electron chi connectivity index (χ4n) is 3.88. The maximum absolute atomic E-state index is 12.8. The quantitative estimate of drug-likeness (QED) is 0.774. The van der Waals surface area contributed by atoms with Crippen LogP contribution < -0.4 is 10.6 Å². The highest BCUT2D eigenvalue weighted by Crippen LogP contribution is 2.38. The van der Waals surface area contributed by atoms with E-state index in [9.17, 15) is 14.4 Å². The molecule has 6 nitrogen and oxygen atoms in total. The van der Waals surface area contributed by atoms with Crippen LogP contribution in [0.25, 0.3) is 0 Å². The lowest BCUT2D eigenvalue weighted by Crippen LogP contribution is -2.54. The number of nitrogens with one attached hydrogen (secondary N) is 2. The Balaban J connectivity index is 1.54. The van der Waals surface area contributed by atoms with E-state index in [1.165, 1.54) is 0 Å². The molecule has 1 aromatic rings. The standard InChI is InChI=1S/C19H24ClN3O3/c1-13-5-2-3-9-19(13)17(25)23(18(26)22-19)12-16(24)21-10-8-14-6-4-7-15(20)11-14/h4,6-7,11,13H,2-3,5,8-10,12H2,1H3,(H,21,24)(H,22,26)/t13-,19-/m1/s1. The van der Waals surface area contributed by atoms with Gasteiger partial charge in [0.25, 0.3) is 5.91 Å². The molecule has 1 saturated heterocycles. The van der Waals surface area contributed by atoms with Crippen molar-refractivity contribution in [2.75, 3.05) is 13.1 Å². The third-order valence-corrected chi connectivity index (χ3v) is 5.66. The largest absolute Gasteiger partial charge is 0.354 e. The van der Waals surface area contributed by atoms with Crippen molar-refractivity contribution >= 4 is 29.4 Å². The zero-order chi connectivity index (χ0) is 18.7. The summed E-state index contributed by atoms with van der Waals surface area (Å²) in [5.74, 6) is -0.515. The van der Waals surface area contributed by atoms with Gasteiger partial charge in [-0.15, -0.1) is 0 Å². The molecule has 2 N–H and O–H groups in total. The van der Waals surface area contributed by atoms with Crippen molar-refractivity contribution in [3.63, 3.8) is 0 Å². The Morgan fingerprint density at radius 3 is 2.92 bits per heavy atom. The van der Waals surface area contributed by atoms with Crippen molar-refractivity contribution in [2.45, 2.75) is 44.6 Å². The smallest absolute Gasteiger partial charge is 0.325 e. The van der Waals surface area contributed by atoms with Gasteiger partial charge in [0.1, 0.15) is 12.1 Å². The van der Waals surface area contributed by atoms with Crippen LogP contribution in [0.2, 0.25) is 5.02 Å². The van der Waals surface area contributed by atoms with Crippen molar-refractivity contribution in [3.8, 4) is 0 Å². The third-order valence-electron chi connectivity index (χ3n) is 5.43. The van der Waals surface area contributed by atoms with E-state index in [2.05, 4.69) is 10.6 Å². The Morgan fingerprint density at radius 2 is 2.19 bits per heavy atom. The molecular formula is C19H24ClN3O3. The van der Waals surface area contributed by atoms with Gasteiger partial charge in [0.15, 0.2) is 0 Å². The second kappa shape index (κ2) is 7.66. The summed E-state index contributed by atoms with van der Waals surface area (Å²) in [4.78, 5) is 38.3. The molecule has 140 valence electrons. The van der Waals surface area contributed by atoms with E-state index in [1.807, 2.05) is 25.1 Å². The average Bonchev–Trinajstić information content (AvgIpc) is 2.83. The lowest BCUT2D eigenvalue weighted by Gasteiger charge is -2.36. The number of halogens is 1. The van der Waals surface area contributed by atoms with Crippen molar-refractivity contribution < 1.29 is 14.4 Å². The topological polar surface area (TPSA) is 78.5 Å². The zero-order valence-electron chi connectivity index (χ0n) is 14.9. The first-order valence-corrected chi connectivity index (χ1v) is 9.45. The van der Waals surface area contributed by atoms with Crippen LogP contribution in [0.5, 0.6) is 0 Å². The van der Waals surface area contributed by atoms with Crippen molar-refractivity contribution in [2.24, 2.45) is 5.92 Å². The van der Waals surface area contributed by atoms with Gasteiger partial charge in [-0.05, 0) is 42.9 Å². The fraction of sp³-hybridized carbons (Fsp3) is 0.526. The van der Waals surface area contributed by atoms with Crippen LogP contribution in [0, 0.1) is 5.92 Å². The van der Waals surface area contributed by atoms with Crippen LogP contribution in [0.1, 0.15) is 38.2 Å². The first-order chi connectivity index (χ1) is 12.4. The maximum atomic E-state index is 12.8. The minimum Gasteiger partial charge on any atom is -0.354 e. The highest BCUT2D eigenvalue weighted by Gasteiger charge is 2.55. The van der Waals surface area contributed by atoms with Gasteiger partial charge < -0.3 is 10.6 Å². The van der Waals surface area contributed by atoms with Crippen LogP contribution in [0.3, 0.4) is 0 Å². The molecule has 1 aliphatic heterocycles. The van der Waals surface area contributed by atoms with Crippen molar-refractivity contribution in [1.29, 1.82) is 0 Å². The minimum absolute atomic E-state index is 0.0867. The summed E-state index contributed by atoms with van der Waals surface area (Å²) in [6.45, 7) is 2.17. The van der Waals surface area contributed by atoms with Crippen molar-refractivity contribution in [1.82, 2.24) is 15.5 Å². The van der Waals surface area contributed by atoms with Crippen molar-refractivity contribution in [3.05, 3.63) is 34.9 Å². The van der Waals surface area contributed by atoms with Crippen LogP contribution in [0.4, 0.5) is 4.79 Å². The van der Waals surface area contributed by atoms with Gasteiger partial charge in [0.2, 0.25) is 5.91 Å². The maximum Gasteiger partial charge on any atom is 0.325 e. The fourth-order valence-corrected chi connectivity index (χ4v) is 4.09. The molecule has 0 radical (unpaired) electrons. The molecule has 1 saturated carbocycles. The van der Waals surface area contributed by atoms with E-state index in [1.54, 1.807) is 6.07 Å². The van der Waals surface area contributed by atoms with Gasteiger partial charge in [-0.3, -0.25) is 14.5 Å². The number of carbonyl (C=O) groups excluding carboxylic acids is 3. The zero-order valence-corrected chi connectivity index (χ0v) is 15.6. The molecular weight excluding hydrogens is 354 g/mol. The molecule has 1 aliphatic carbocycles. The van der Waals surface area contributed by atoms with Gasteiger partial charge in [-0.25, -0.2) is 4.79 Å². The molecule has 0 aromatic heterocycles. The van der Waals surface area contributed by atoms with E-state index in [-0.39, 0.29) is 24.3 Å². The van der Waals surface area contributed by atoms with Gasteiger partial charge >= 0.3 is 6.03 Å². The molecule has 26 heavy (non-hydrogen) atoms. The lowest BCUT2D eigenvalue weighted by molar-refractivity contribution is -0.137. The molecule has 1 spiro atoms. The van der Waals surface area contributed by atoms with Gasteiger partial charge in [-0.2, -0.15) is 0 Å². The van der Waals surface area contributed by atoms with Gasteiger partial charge in [0.05, 0.1) is 0 Å². The third kappa shape index (κ3) is 3.70. The number of hydrogen-bond donors (Lipinski definition) is 2. The Labute approximate surface area is 158 Å². The van der Waals surface area contributed by atoms with Crippen LogP contribution in [0.15, 0.2) is 24.3 Å². The van der Waals surface area contributed by atoms with E-state index < -0.39 is 11.6 Å². The normalized spacial score (nSPS) is 25.5. The highest BCUT2D eigenvalue weighted by molar-refractivity contribution is 6.30. The monoisotopic (exact) mass is 377 g/mol. The van der Waals surface area contributed by atoms with E-state index in [0.29, 0.717) is 24.4 Å². The van der Waals surface area contributed by atoms with Crippen LogP contribution in [-0.4, -0.2) is 41.4 Å². The summed E-state index contributed by atoms with van der Waals surface area (Å²) in [6.07, 6.45) is 4.16. The molecule has 3 rings (SSSR count). The Kier molecular flexibility index (Phi) is 5.51. The van der Waals surface area contributed by atoms with E-state index >= 15 is 0 Å². The van der Waals surface area contributed by atoms with Crippen LogP contribution in [-0.2, 0) is 16.0 Å². The molecule has 2 fully saturated rings. The summed E-state index contributed by atoms with van der Waals surface area (Å²) >= 11 is 5.94. The molecule has 2 atom stereocenters. The Hall–Kier alpha value is -2.08. The summed E-state index contributed by atoms with van der Waals surface area (Å²) < 4.78 is 0. The number of benzene rings is 1. The SMILES string of the molecule is C[C@@H]1CCCC[C@@]12NC(=O)N(CC(=O)NCCc1cccc(Cl)c1)C2=O. The molecule has 1 aromatic carbocycles. The number of nitrogens with zero attached hydrogens (tertiary/aromatic N) is 1. The number of urea groups is 1. The predicted molar refractivity (Wildman–Crippen MR) is 98.8 cm³/mol. The number of carbonyl (C=O) groups is 3. The minimum atomic E-state index is -0.823. The molecule has 7 heteroatoms. The summed E-state index contributed by atoms with van der Waals surface area (Å²) in [6, 6.07) is 6.97. The van der Waals surface area contributed by atoms with Crippen LogP contribution >= 0.6 is 11.6 Å². The number of imide groups is 1. The first-order valence-electron chi connectivity index (χ1n) is 9.07. The number of rotatable bonds is 5. The molecule has 0 unspecified atom stereocenters. The van der Waals surface area contributed by atoms with E-state index in [0.717, 1.165) is 29.7 Å². The second-order valence-corrected chi connectivity index (χ2v) is 7.61. The summed E-state index contributed by atoms with van der Waals surface area (Å²) in [5.41, 5.74) is 0.193. The lowest BCUT2D eigenvalue weighted by atomic mass is 9.73. The van der Waals surface area contributed by atoms with Gasteiger partial charge in [-0.1, -0.05) is 43.5 Å². The van der Waals surface area contributed by atoms with Gasteiger partial charge in [0, 0.05) is 11.6 Å². The molecule has 4 amide bonds. The Morgan fingerprint density at radius 1 is 1.38 bits per heavy atom. The Bertz CT molecular complexity index is 724.